The number of para-hydroxylation sites is 6. The average Bonchev–Trinajstić information content (AvgIpc) is 4.16. The second kappa shape index (κ2) is 13.1. The van der Waals surface area contributed by atoms with Crippen molar-refractivity contribution in [2.45, 2.75) is 0 Å². The molecule has 0 aliphatic carbocycles. The fraction of sp³-hybridized carbons (Fsp3) is 0. The minimum absolute atomic E-state index is 1.14. The highest BCUT2D eigenvalue weighted by atomic mass is 32.1. The number of hydrogen-bond acceptors (Lipinski definition) is 1. The third kappa shape index (κ3) is 4.79. The highest BCUT2D eigenvalue weighted by Gasteiger charge is 2.21. The van der Waals surface area contributed by atoms with Crippen LogP contribution in [0.25, 0.3) is 130 Å². The summed E-state index contributed by atoms with van der Waals surface area (Å²) in [5.41, 5.74) is 14.3. The SMILES string of the molecule is c1cc(-n2c3ccccc3c3ccccc32)c2c(c1)sc1ccc(-n3c4ccccc4c4cc(-n5c6ccccc6c6cc(-n7c8ccccc8c8ccccc87)ccc65)ccc43)cc12. The Morgan fingerprint density at radius 1 is 0.231 bits per heavy atom. The van der Waals surface area contributed by atoms with E-state index in [4.69, 9.17) is 0 Å². The van der Waals surface area contributed by atoms with Gasteiger partial charge in [-0.15, -0.1) is 11.3 Å². The first-order valence-electron chi connectivity index (χ1n) is 22.3. The van der Waals surface area contributed by atoms with Crippen molar-refractivity contribution in [3.8, 4) is 22.7 Å². The van der Waals surface area contributed by atoms with Crippen LogP contribution in [0.15, 0.2) is 218 Å². The van der Waals surface area contributed by atoms with Crippen LogP contribution in [0.2, 0.25) is 0 Å². The van der Waals surface area contributed by atoms with E-state index in [-0.39, 0.29) is 0 Å². The third-order valence-corrected chi connectivity index (χ3v) is 15.1. The predicted molar refractivity (Wildman–Crippen MR) is 277 cm³/mol. The zero-order valence-electron chi connectivity index (χ0n) is 35.0. The summed E-state index contributed by atoms with van der Waals surface area (Å²) in [4.78, 5) is 0. The van der Waals surface area contributed by atoms with Crippen LogP contribution >= 0.6 is 11.3 Å². The van der Waals surface area contributed by atoms with Gasteiger partial charge in [0.15, 0.2) is 0 Å². The molecule has 0 aliphatic rings. The number of benzene rings is 10. The Morgan fingerprint density at radius 2 is 0.569 bits per heavy atom. The van der Waals surface area contributed by atoms with E-state index < -0.39 is 0 Å². The second-order valence-electron chi connectivity index (χ2n) is 17.3. The van der Waals surface area contributed by atoms with Crippen LogP contribution in [0.4, 0.5) is 0 Å². The molecule has 5 heterocycles. The normalized spacial score (nSPS) is 12.3. The summed E-state index contributed by atoms with van der Waals surface area (Å²) in [7, 11) is 0. The zero-order valence-corrected chi connectivity index (χ0v) is 35.8. The first-order chi connectivity index (χ1) is 32.3. The van der Waals surface area contributed by atoms with Gasteiger partial charge in [-0.3, -0.25) is 0 Å². The van der Waals surface area contributed by atoms with E-state index in [1.54, 1.807) is 0 Å². The van der Waals surface area contributed by atoms with Crippen molar-refractivity contribution in [1.82, 2.24) is 18.3 Å². The van der Waals surface area contributed by atoms with Crippen LogP contribution in [0.3, 0.4) is 0 Å². The fourth-order valence-corrected chi connectivity index (χ4v) is 12.4. The first-order valence-corrected chi connectivity index (χ1v) is 23.1. The van der Waals surface area contributed by atoms with Crippen molar-refractivity contribution in [2.75, 3.05) is 0 Å². The molecule has 0 saturated heterocycles. The van der Waals surface area contributed by atoms with Gasteiger partial charge in [-0.05, 0) is 103 Å². The van der Waals surface area contributed by atoms with Gasteiger partial charge in [0, 0.05) is 80.3 Å². The van der Waals surface area contributed by atoms with Crippen LogP contribution < -0.4 is 0 Å². The quantitative estimate of drug-likeness (QED) is 0.168. The van der Waals surface area contributed by atoms with Gasteiger partial charge in [0.1, 0.15) is 0 Å². The molecular weight excluding hydrogens is 809 g/mol. The molecular formula is C60H36N4S. The second-order valence-corrected chi connectivity index (χ2v) is 18.4. The number of fused-ring (bicyclic) bond motifs is 15. The van der Waals surface area contributed by atoms with Gasteiger partial charge in [0.2, 0.25) is 0 Å². The summed E-state index contributed by atoms with van der Waals surface area (Å²) >= 11 is 1.87. The fourth-order valence-electron chi connectivity index (χ4n) is 11.3. The van der Waals surface area contributed by atoms with E-state index in [0.717, 1.165) is 17.1 Å². The van der Waals surface area contributed by atoms with Gasteiger partial charge >= 0.3 is 0 Å². The molecule has 10 aromatic carbocycles. The minimum Gasteiger partial charge on any atom is -0.309 e. The Bertz CT molecular complexity index is 4380. The van der Waals surface area contributed by atoms with Gasteiger partial charge in [0.25, 0.3) is 0 Å². The van der Waals surface area contributed by atoms with Crippen molar-refractivity contribution in [3.05, 3.63) is 218 Å². The molecule has 0 amide bonds. The van der Waals surface area contributed by atoms with Crippen LogP contribution in [0.1, 0.15) is 0 Å². The van der Waals surface area contributed by atoms with E-state index >= 15 is 0 Å². The topological polar surface area (TPSA) is 19.7 Å². The Kier molecular flexibility index (Phi) is 7.07. The Labute approximate surface area is 376 Å². The van der Waals surface area contributed by atoms with Crippen LogP contribution in [-0.4, -0.2) is 18.3 Å². The molecule has 0 unspecified atom stereocenters. The smallest absolute Gasteiger partial charge is 0.0555 e. The summed E-state index contributed by atoms with van der Waals surface area (Å²) in [5.74, 6) is 0. The molecule has 15 rings (SSSR count). The molecule has 4 nitrogen and oxygen atoms in total. The molecule has 0 N–H and O–H groups in total. The van der Waals surface area contributed by atoms with Gasteiger partial charge in [-0.2, -0.15) is 0 Å². The lowest BCUT2D eigenvalue weighted by Crippen LogP contribution is -1.97. The van der Waals surface area contributed by atoms with Crippen molar-refractivity contribution in [2.24, 2.45) is 0 Å². The monoisotopic (exact) mass is 844 g/mol. The number of thiophene rings is 1. The molecule has 5 heteroatoms. The highest BCUT2D eigenvalue weighted by Crippen LogP contribution is 2.44. The predicted octanol–water partition coefficient (Wildman–Crippen LogP) is 16.4. The molecule has 0 saturated carbocycles. The summed E-state index contributed by atoms with van der Waals surface area (Å²) in [6, 6.07) is 80.7. The Hall–Kier alpha value is -8.38. The maximum atomic E-state index is 2.47. The minimum atomic E-state index is 1.14. The Morgan fingerprint density at radius 3 is 1.00 bits per heavy atom. The number of nitrogens with zero attached hydrogens (tertiary/aromatic N) is 4. The van der Waals surface area contributed by atoms with Crippen LogP contribution in [-0.2, 0) is 0 Å². The summed E-state index contributed by atoms with van der Waals surface area (Å²) in [5, 5.41) is 12.6. The molecule has 15 aromatic rings. The maximum absolute atomic E-state index is 2.47. The zero-order chi connectivity index (χ0) is 42.3. The molecule has 0 spiro atoms. The largest absolute Gasteiger partial charge is 0.309 e. The van der Waals surface area contributed by atoms with Crippen molar-refractivity contribution in [1.29, 1.82) is 0 Å². The van der Waals surface area contributed by atoms with E-state index in [0.29, 0.717) is 0 Å². The molecule has 5 aromatic heterocycles. The maximum Gasteiger partial charge on any atom is 0.0555 e. The molecule has 0 aliphatic heterocycles. The van der Waals surface area contributed by atoms with Gasteiger partial charge in [0.05, 0.1) is 49.8 Å². The lowest BCUT2D eigenvalue weighted by Gasteiger charge is -2.12. The van der Waals surface area contributed by atoms with E-state index in [2.05, 4.69) is 237 Å². The molecule has 0 atom stereocenters. The van der Waals surface area contributed by atoms with Crippen molar-refractivity contribution >= 4 is 119 Å². The van der Waals surface area contributed by atoms with E-state index in [1.807, 2.05) is 11.3 Å². The summed E-state index contributed by atoms with van der Waals surface area (Å²) < 4.78 is 12.4. The molecule has 0 fully saturated rings. The Balaban J connectivity index is 0.927. The number of hydrogen-bond donors (Lipinski definition) is 0. The van der Waals surface area contributed by atoms with Gasteiger partial charge in [-0.1, -0.05) is 115 Å². The number of aromatic nitrogens is 4. The molecule has 0 bridgehead atoms. The molecule has 0 radical (unpaired) electrons. The third-order valence-electron chi connectivity index (χ3n) is 13.9. The van der Waals surface area contributed by atoms with Crippen LogP contribution in [0, 0.1) is 0 Å². The van der Waals surface area contributed by atoms with E-state index in [9.17, 15) is 0 Å². The first kappa shape index (κ1) is 35.1. The van der Waals surface area contributed by atoms with Crippen LogP contribution in [0.5, 0.6) is 0 Å². The lowest BCUT2D eigenvalue weighted by atomic mass is 10.1. The van der Waals surface area contributed by atoms with Gasteiger partial charge in [-0.25, -0.2) is 0 Å². The highest BCUT2D eigenvalue weighted by molar-refractivity contribution is 7.25. The lowest BCUT2D eigenvalue weighted by molar-refractivity contribution is 1.16. The summed E-state index contributed by atoms with van der Waals surface area (Å²) in [6.07, 6.45) is 0. The van der Waals surface area contributed by atoms with Crippen molar-refractivity contribution < 1.29 is 0 Å². The summed E-state index contributed by atoms with van der Waals surface area (Å²) in [6.45, 7) is 0. The van der Waals surface area contributed by atoms with E-state index in [1.165, 1.54) is 113 Å². The molecule has 65 heavy (non-hydrogen) atoms. The average molecular weight is 845 g/mol. The number of rotatable bonds is 4. The van der Waals surface area contributed by atoms with Crippen molar-refractivity contribution in [3.63, 3.8) is 0 Å². The standard InChI is InChI=1S/C60H36N4S/c1-7-20-49-40(14-1)41-15-2-8-21-50(41)61(49)37-28-31-55-46(34-37)44-18-5-9-22-51(44)62(55)38-29-32-56-47(35-38)45-19-6-10-23-52(45)63(56)39-30-33-58-48(36-39)60-57(26-13-27-59(60)65-58)64-53-24-11-3-16-42(53)43-17-4-12-25-54(43)64/h1-36H. The van der Waals surface area contributed by atoms with Gasteiger partial charge < -0.3 is 18.3 Å². The molecule has 302 valence electrons.